The van der Waals surface area contributed by atoms with Gasteiger partial charge < -0.3 is 4.74 Å². The summed E-state index contributed by atoms with van der Waals surface area (Å²) in [4.78, 5) is 19.4. The molecule has 0 unspecified atom stereocenters. The summed E-state index contributed by atoms with van der Waals surface area (Å²) >= 11 is 0. The average Bonchev–Trinajstić information content (AvgIpc) is 2.37. The van der Waals surface area contributed by atoms with E-state index in [0.29, 0.717) is 10.8 Å². The molecule has 6 nitrogen and oxygen atoms in total. The molecular weight excluding hydrogens is 272 g/mol. The number of carbonyl (C=O) groups excluding carboxylic acids is 1. The van der Waals surface area contributed by atoms with Gasteiger partial charge in [-0.2, -0.15) is 8.78 Å². The molecule has 0 aliphatic rings. The maximum absolute atomic E-state index is 12.2. The molecule has 1 N–H and O–H groups in total. The molecule has 0 bridgehead atoms. The highest BCUT2D eigenvalue weighted by molar-refractivity contribution is 5.90. The zero-order chi connectivity index (χ0) is 15.3. The van der Waals surface area contributed by atoms with Gasteiger partial charge in [0.15, 0.2) is 0 Å². The Bertz CT molecular complexity index is 529. The second-order valence-corrected chi connectivity index (χ2v) is 4.12. The third-order valence-corrected chi connectivity index (χ3v) is 2.51. The summed E-state index contributed by atoms with van der Waals surface area (Å²) in [5, 5.41) is 9.86. The second kappa shape index (κ2) is 6.90. The van der Waals surface area contributed by atoms with Crippen LogP contribution in [0.3, 0.4) is 0 Å². The Kier molecular flexibility index (Phi) is 5.51. The third kappa shape index (κ3) is 4.23. The minimum atomic E-state index is -1.77. The van der Waals surface area contributed by atoms with Gasteiger partial charge in [0.05, 0.1) is 17.9 Å². The number of rotatable bonds is 5. The van der Waals surface area contributed by atoms with Crippen molar-refractivity contribution in [3.05, 3.63) is 29.1 Å². The highest BCUT2D eigenvalue weighted by Gasteiger charge is 2.14. The van der Waals surface area contributed by atoms with Crippen LogP contribution in [0.25, 0.3) is 0 Å². The topological polar surface area (TPSA) is 75.5 Å². The van der Waals surface area contributed by atoms with Crippen molar-refractivity contribution >= 4 is 11.9 Å². The van der Waals surface area contributed by atoms with E-state index in [0.717, 1.165) is 0 Å². The van der Waals surface area contributed by atoms with Crippen molar-refractivity contribution in [2.24, 2.45) is 0 Å². The van der Waals surface area contributed by atoms with Crippen molar-refractivity contribution in [2.75, 3.05) is 18.7 Å². The van der Waals surface area contributed by atoms with Crippen molar-refractivity contribution < 1.29 is 23.5 Å². The van der Waals surface area contributed by atoms with Gasteiger partial charge in [-0.25, -0.2) is 19.8 Å². The van der Waals surface area contributed by atoms with Crippen LogP contribution in [0.1, 0.15) is 29.4 Å². The van der Waals surface area contributed by atoms with Crippen molar-refractivity contribution in [1.82, 2.24) is 9.97 Å². The summed E-state index contributed by atoms with van der Waals surface area (Å²) in [5.41, 5.74) is 0.325. The van der Waals surface area contributed by atoms with Crippen LogP contribution in [-0.4, -0.2) is 34.8 Å². The van der Waals surface area contributed by atoms with E-state index in [1.54, 1.807) is 6.92 Å². The van der Waals surface area contributed by atoms with E-state index in [1.807, 2.05) is 0 Å². The van der Waals surface area contributed by atoms with Gasteiger partial charge in [-0.1, -0.05) is 0 Å². The van der Waals surface area contributed by atoms with E-state index in [4.69, 9.17) is 9.94 Å². The number of carbonyl (C=O) groups is 1. The lowest BCUT2D eigenvalue weighted by Gasteiger charge is -2.10. The lowest BCUT2D eigenvalue weighted by molar-refractivity contribution is 0.0505. The van der Waals surface area contributed by atoms with Crippen LogP contribution in [-0.2, 0) is 4.74 Å². The van der Waals surface area contributed by atoms with Crippen LogP contribution in [0.15, 0.2) is 17.9 Å². The Balaban J connectivity index is 2.67. The maximum Gasteiger partial charge on any atom is 0.341 e. The van der Waals surface area contributed by atoms with Gasteiger partial charge in [0.2, 0.25) is 5.95 Å². The van der Waals surface area contributed by atoms with E-state index < -0.39 is 12.0 Å². The quantitative estimate of drug-likeness (QED) is 0.661. The minimum absolute atomic E-state index is 0.0363. The fourth-order valence-corrected chi connectivity index (χ4v) is 1.28. The SMILES string of the molecule is CC(CCOC(=O)c1cnc(N(C)O)nc1C)=C(F)F. The van der Waals surface area contributed by atoms with Crippen molar-refractivity contribution in [3.63, 3.8) is 0 Å². The van der Waals surface area contributed by atoms with Gasteiger partial charge in [0.1, 0.15) is 0 Å². The highest BCUT2D eigenvalue weighted by atomic mass is 19.3. The van der Waals surface area contributed by atoms with Crippen molar-refractivity contribution in [2.45, 2.75) is 20.3 Å². The van der Waals surface area contributed by atoms with Gasteiger partial charge in [0.25, 0.3) is 6.08 Å². The van der Waals surface area contributed by atoms with Gasteiger partial charge in [0, 0.05) is 19.7 Å². The molecule has 1 heterocycles. The molecule has 0 radical (unpaired) electrons. The summed E-state index contributed by atoms with van der Waals surface area (Å²) in [6.07, 6.45) is -0.591. The molecule has 0 spiro atoms. The van der Waals surface area contributed by atoms with Crippen LogP contribution in [0.2, 0.25) is 0 Å². The van der Waals surface area contributed by atoms with E-state index in [1.165, 1.54) is 20.2 Å². The summed E-state index contributed by atoms with van der Waals surface area (Å²) < 4.78 is 29.2. The summed E-state index contributed by atoms with van der Waals surface area (Å²) in [6.45, 7) is 2.67. The van der Waals surface area contributed by atoms with Gasteiger partial charge >= 0.3 is 5.97 Å². The number of hydrogen-bond donors (Lipinski definition) is 1. The Morgan fingerprint density at radius 1 is 1.50 bits per heavy atom. The normalized spacial score (nSPS) is 10.1. The summed E-state index contributed by atoms with van der Waals surface area (Å²) in [7, 11) is 1.34. The average molecular weight is 287 g/mol. The molecule has 8 heteroatoms. The first kappa shape index (κ1) is 16.0. The Morgan fingerprint density at radius 2 is 2.15 bits per heavy atom. The number of nitrogens with zero attached hydrogens (tertiary/aromatic N) is 3. The summed E-state index contributed by atoms with van der Waals surface area (Å²) in [6, 6.07) is 0. The predicted octanol–water partition coefficient (Wildman–Crippen LogP) is 2.33. The van der Waals surface area contributed by atoms with E-state index >= 15 is 0 Å². The van der Waals surface area contributed by atoms with E-state index in [-0.39, 0.29) is 30.1 Å². The Morgan fingerprint density at radius 3 is 2.65 bits per heavy atom. The molecule has 0 fully saturated rings. The molecule has 0 amide bonds. The van der Waals surface area contributed by atoms with Crippen LogP contribution >= 0.6 is 0 Å². The predicted molar refractivity (Wildman–Crippen MR) is 66.8 cm³/mol. The number of hydrogen-bond acceptors (Lipinski definition) is 6. The van der Waals surface area contributed by atoms with Crippen molar-refractivity contribution in [1.29, 1.82) is 0 Å². The molecule has 0 aliphatic heterocycles. The van der Waals surface area contributed by atoms with E-state index in [9.17, 15) is 13.6 Å². The number of halogens is 2. The van der Waals surface area contributed by atoms with E-state index in [2.05, 4.69) is 9.97 Å². The fourth-order valence-electron chi connectivity index (χ4n) is 1.28. The number of hydroxylamine groups is 1. The smallest absolute Gasteiger partial charge is 0.341 e. The van der Waals surface area contributed by atoms with Gasteiger partial charge in [-0.3, -0.25) is 5.21 Å². The monoisotopic (exact) mass is 287 g/mol. The highest BCUT2D eigenvalue weighted by Crippen LogP contribution is 2.13. The van der Waals surface area contributed by atoms with Gasteiger partial charge in [-0.05, 0) is 19.4 Å². The largest absolute Gasteiger partial charge is 0.462 e. The summed E-state index contributed by atoms with van der Waals surface area (Å²) in [5.74, 6) is -0.654. The number of anilines is 1. The molecule has 1 aromatic rings. The molecule has 0 atom stereocenters. The number of aryl methyl sites for hydroxylation is 1. The lowest BCUT2D eigenvalue weighted by atomic mass is 10.2. The first-order valence-corrected chi connectivity index (χ1v) is 5.77. The van der Waals surface area contributed by atoms with Crippen molar-refractivity contribution in [3.8, 4) is 0 Å². The molecule has 0 aliphatic carbocycles. The van der Waals surface area contributed by atoms with Crippen LogP contribution in [0.4, 0.5) is 14.7 Å². The zero-order valence-corrected chi connectivity index (χ0v) is 11.4. The third-order valence-electron chi connectivity index (χ3n) is 2.51. The van der Waals surface area contributed by atoms with Crippen LogP contribution in [0, 0.1) is 6.92 Å². The first-order valence-electron chi connectivity index (χ1n) is 5.77. The molecule has 20 heavy (non-hydrogen) atoms. The number of esters is 1. The number of aromatic nitrogens is 2. The van der Waals surface area contributed by atoms with Crippen LogP contribution < -0.4 is 5.06 Å². The minimum Gasteiger partial charge on any atom is -0.462 e. The Labute approximate surface area is 114 Å². The standard InChI is InChI=1S/C12H15F2N3O3/c1-7(10(13)14)4-5-20-11(18)9-6-15-12(17(3)19)16-8(9)2/h6,19H,4-5H2,1-3H3. The zero-order valence-electron chi connectivity index (χ0n) is 11.4. The second-order valence-electron chi connectivity index (χ2n) is 4.12. The molecule has 0 saturated heterocycles. The molecular formula is C12H15F2N3O3. The molecule has 0 aromatic carbocycles. The fraction of sp³-hybridized carbons (Fsp3) is 0.417. The first-order chi connectivity index (χ1) is 9.32. The number of ether oxygens (including phenoxy) is 1. The molecule has 1 rings (SSSR count). The molecule has 1 aromatic heterocycles. The molecule has 110 valence electrons. The molecule has 0 saturated carbocycles. The maximum atomic E-state index is 12.2. The Hall–Kier alpha value is -2.09. The lowest BCUT2D eigenvalue weighted by Crippen LogP contribution is -2.16. The van der Waals surface area contributed by atoms with Crippen LogP contribution in [0.5, 0.6) is 0 Å². The van der Waals surface area contributed by atoms with Gasteiger partial charge in [-0.15, -0.1) is 0 Å².